The first-order valence-electron chi connectivity index (χ1n) is 8.32. The summed E-state index contributed by atoms with van der Waals surface area (Å²) in [4.78, 5) is 4.24. The van der Waals surface area contributed by atoms with Gasteiger partial charge in [0.15, 0.2) is 11.5 Å². The molecule has 2 heterocycles. The van der Waals surface area contributed by atoms with Crippen molar-refractivity contribution in [3.63, 3.8) is 0 Å². The second kappa shape index (κ2) is 7.47. The number of rotatable bonds is 5. The predicted octanol–water partition coefficient (Wildman–Crippen LogP) is 4.60. The van der Waals surface area contributed by atoms with Gasteiger partial charge in [0.05, 0.1) is 7.11 Å². The lowest BCUT2D eigenvalue weighted by molar-refractivity contribution is -0.0512. The normalized spacial score (nSPS) is 15.6. The molecule has 0 aliphatic carbocycles. The minimum absolute atomic E-state index is 0.0316. The van der Waals surface area contributed by atoms with Crippen molar-refractivity contribution in [2.45, 2.75) is 12.7 Å². The van der Waals surface area contributed by atoms with E-state index in [9.17, 15) is 8.78 Å². The molecule has 0 saturated carbocycles. The minimum Gasteiger partial charge on any atom is -0.493 e. The molecule has 2 aromatic carbocycles. The van der Waals surface area contributed by atoms with E-state index in [2.05, 4.69) is 20.1 Å². The lowest BCUT2D eigenvalue weighted by Crippen LogP contribution is -2.20. The van der Waals surface area contributed by atoms with Gasteiger partial charge in [-0.05, 0) is 41.5 Å². The van der Waals surface area contributed by atoms with Crippen LogP contribution >= 0.6 is 11.6 Å². The number of ether oxygens (including phenoxy) is 2. The summed E-state index contributed by atoms with van der Waals surface area (Å²) in [6, 6.07) is 11.9. The summed E-state index contributed by atoms with van der Waals surface area (Å²) in [6.45, 7) is -2.93. The highest BCUT2D eigenvalue weighted by molar-refractivity contribution is 6.30. The molecule has 0 radical (unpaired) electrons. The first-order chi connectivity index (χ1) is 13.5. The Morgan fingerprint density at radius 2 is 1.93 bits per heavy atom. The first-order valence-corrected chi connectivity index (χ1v) is 8.70. The SMILES string of the molecule is COc1cc([C@H]2C=C(c3ccc(Cl)cc3)Nc3ncnn32)ccc1OC(F)F. The Kier molecular flexibility index (Phi) is 4.87. The second-order valence-corrected chi connectivity index (χ2v) is 6.41. The number of benzene rings is 2. The van der Waals surface area contributed by atoms with Crippen molar-refractivity contribution in [3.8, 4) is 11.5 Å². The van der Waals surface area contributed by atoms with Crippen LogP contribution in [0.4, 0.5) is 14.7 Å². The molecule has 1 atom stereocenters. The van der Waals surface area contributed by atoms with Crippen molar-refractivity contribution in [1.82, 2.24) is 14.8 Å². The molecule has 0 spiro atoms. The molecule has 0 fully saturated rings. The van der Waals surface area contributed by atoms with Crippen LogP contribution in [0.3, 0.4) is 0 Å². The molecule has 1 aromatic heterocycles. The summed E-state index contributed by atoms with van der Waals surface area (Å²) in [5.74, 6) is 0.736. The average molecular weight is 405 g/mol. The molecule has 0 bridgehead atoms. The number of hydrogen-bond acceptors (Lipinski definition) is 5. The Morgan fingerprint density at radius 1 is 1.14 bits per heavy atom. The van der Waals surface area contributed by atoms with Crippen LogP contribution < -0.4 is 14.8 Å². The largest absolute Gasteiger partial charge is 0.493 e. The Balaban J connectivity index is 1.76. The van der Waals surface area contributed by atoms with Gasteiger partial charge in [0.2, 0.25) is 5.95 Å². The van der Waals surface area contributed by atoms with Crippen LogP contribution in [0.5, 0.6) is 11.5 Å². The van der Waals surface area contributed by atoms with E-state index in [0.29, 0.717) is 11.0 Å². The number of anilines is 1. The van der Waals surface area contributed by atoms with E-state index in [1.165, 1.54) is 19.5 Å². The zero-order valence-corrected chi connectivity index (χ0v) is 15.4. The third-order valence-corrected chi connectivity index (χ3v) is 4.56. The number of allylic oxidation sites excluding steroid dienone is 1. The van der Waals surface area contributed by atoms with Crippen LogP contribution in [-0.2, 0) is 0 Å². The molecule has 0 unspecified atom stereocenters. The molecule has 1 N–H and O–H groups in total. The monoisotopic (exact) mass is 404 g/mol. The number of nitrogens with zero attached hydrogens (tertiary/aromatic N) is 3. The van der Waals surface area contributed by atoms with Crippen molar-refractivity contribution < 1.29 is 18.3 Å². The van der Waals surface area contributed by atoms with Crippen LogP contribution in [0.15, 0.2) is 54.9 Å². The van der Waals surface area contributed by atoms with E-state index >= 15 is 0 Å². The highest BCUT2D eigenvalue weighted by atomic mass is 35.5. The highest BCUT2D eigenvalue weighted by Gasteiger charge is 2.24. The summed E-state index contributed by atoms with van der Waals surface area (Å²) in [7, 11) is 1.40. The molecule has 0 saturated heterocycles. The number of hydrogen-bond donors (Lipinski definition) is 1. The third kappa shape index (κ3) is 3.50. The molecule has 4 rings (SSSR count). The van der Waals surface area contributed by atoms with Crippen molar-refractivity contribution in [3.05, 3.63) is 71.0 Å². The smallest absolute Gasteiger partial charge is 0.387 e. The van der Waals surface area contributed by atoms with Gasteiger partial charge in [0, 0.05) is 10.7 Å². The van der Waals surface area contributed by atoms with E-state index in [4.69, 9.17) is 16.3 Å². The summed E-state index contributed by atoms with van der Waals surface area (Å²) in [6.07, 6.45) is 3.41. The number of halogens is 3. The maximum atomic E-state index is 12.6. The number of methoxy groups -OCH3 is 1. The summed E-state index contributed by atoms with van der Waals surface area (Å²) >= 11 is 5.98. The fraction of sp³-hybridized carbons (Fsp3) is 0.158. The summed E-state index contributed by atoms with van der Waals surface area (Å²) in [5.41, 5.74) is 2.53. The van der Waals surface area contributed by atoms with Gasteiger partial charge in [0.25, 0.3) is 0 Å². The Bertz CT molecular complexity index is 1020. The van der Waals surface area contributed by atoms with E-state index in [-0.39, 0.29) is 17.5 Å². The minimum atomic E-state index is -2.93. The second-order valence-electron chi connectivity index (χ2n) is 5.97. The number of fused-ring (bicyclic) bond motifs is 1. The van der Waals surface area contributed by atoms with E-state index in [1.54, 1.807) is 28.9 Å². The molecule has 6 nitrogen and oxygen atoms in total. The Morgan fingerprint density at radius 3 is 2.64 bits per heavy atom. The van der Waals surface area contributed by atoms with Gasteiger partial charge in [-0.2, -0.15) is 18.9 Å². The van der Waals surface area contributed by atoms with Crippen molar-refractivity contribution >= 4 is 23.2 Å². The highest BCUT2D eigenvalue weighted by Crippen LogP contribution is 2.36. The van der Waals surface area contributed by atoms with Gasteiger partial charge in [-0.3, -0.25) is 0 Å². The van der Waals surface area contributed by atoms with Crippen LogP contribution in [0.1, 0.15) is 17.2 Å². The Hall–Kier alpha value is -3.13. The van der Waals surface area contributed by atoms with Gasteiger partial charge in [0.1, 0.15) is 12.4 Å². The molecule has 28 heavy (non-hydrogen) atoms. The number of alkyl halides is 2. The summed E-state index contributed by atoms with van der Waals surface area (Å²) < 4.78 is 36.6. The molecule has 1 aliphatic heterocycles. The van der Waals surface area contributed by atoms with Gasteiger partial charge < -0.3 is 14.8 Å². The van der Waals surface area contributed by atoms with Gasteiger partial charge >= 0.3 is 6.61 Å². The molecule has 1 aliphatic rings. The zero-order chi connectivity index (χ0) is 19.7. The number of nitrogens with one attached hydrogen (secondary N) is 1. The maximum Gasteiger partial charge on any atom is 0.387 e. The first kappa shape index (κ1) is 18.2. The lowest BCUT2D eigenvalue weighted by Gasteiger charge is -2.25. The lowest BCUT2D eigenvalue weighted by atomic mass is 10.0. The van der Waals surface area contributed by atoms with Crippen LogP contribution in [0.25, 0.3) is 5.70 Å². The maximum absolute atomic E-state index is 12.6. The fourth-order valence-electron chi connectivity index (χ4n) is 3.03. The third-order valence-electron chi connectivity index (χ3n) is 4.31. The van der Waals surface area contributed by atoms with E-state index in [0.717, 1.165) is 16.8 Å². The van der Waals surface area contributed by atoms with Gasteiger partial charge in [-0.1, -0.05) is 29.8 Å². The number of aromatic nitrogens is 3. The van der Waals surface area contributed by atoms with Crippen LogP contribution in [0, 0.1) is 0 Å². The standard InChI is InChI=1S/C19H15ClF2N4O2/c1-27-17-8-12(4-7-16(17)28-18(21)22)15-9-14(11-2-5-13(20)6-3-11)25-19-23-10-24-26(15)19/h2-10,15,18H,1H3,(H,23,24,25)/t15-/m1/s1. The van der Waals surface area contributed by atoms with Crippen molar-refractivity contribution in [2.24, 2.45) is 0 Å². The molecular formula is C19H15ClF2N4O2. The molecule has 9 heteroatoms. The van der Waals surface area contributed by atoms with Crippen LogP contribution in [-0.4, -0.2) is 28.5 Å². The zero-order valence-electron chi connectivity index (χ0n) is 14.6. The van der Waals surface area contributed by atoms with E-state index in [1.807, 2.05) is 18.2 Å². The Labute approximate surface area is 164 Å². The van der Waals surface area contributed by atoms with Gasteiger partial charge in [-0.25, -0.2) is 4.68 Å². The summed E-state index contributed by atoms with van der Waals surface area (Å²) in [5, 5.41) is 8.14. The van der Waals surface area contributed by atoms with E-state index < -0.39 is 6.61 Å². The van der Waals surface area contributed by atoms with Crippen molar-refractivity contribution in [2.75, 3.05) is 12.4 Å². The molecule has 3 aromatic rings. The molecular weight excluding hydrogens is 390 g/mol. The van der Waals surface area contributed by atoms with Crippen LogP contribution in [0.2, 0.25) is 5.02 Å². The topological polar surface area (TPSA) is 61.2 Å². The predicted molar refractivity (Wildman–Crippen MR) is 101 cm³/mol. The quantitative estimate of drug-likeness (QED) is 0.673. The molecule has 144 valence electrons. The molecule has 0 amide bonds. The van der Waals surface area contributed by atoms with Crippen molar-refractivity contribution in [1.29, 1.82) is 0 Å². The van der Waals surface area contributed by atoms with Gasteiger partial charge in [-0.15, -0.1) is 0 Å². The fourth-order valence-corrected chi connectivity index (χ4v) is 3.16. The average Bonchev–Trinajstić information content (AvgIpc) is 3.16.